The second kappa shape index (κ2) is 7.72. The second-order valence-electron chi connectivity index (χ2n) is 1.68. The molecule has 0 aromatic carbocycles. The Bertz CT molecular complexity index is 35.4. The molecule has 2 radical (unpaired) electrons. The van der Waals surface area contributed by atoms with Crippen LogP contribution in [-0.2, 0) is 0 Å². The van der Waals surface area contributed by atoms with Gasteiger partial charge < -0.3 is 0 Å². The van der Waals surface area contributed by atoms with E-state index in [9.17, 15) is 0 Å². The van der Waals surface area contributed by atoms with Crippen LogP contribution in [0.3, 0.4) is 0 Å². The summed E-state index contributed by atoms with van der Waals surface area (Å²) >= 11 is 1.39. The van der Waals surface area contributed by atoms with E-state index in [4.69, 9.17) is 5.73 Å². The zero-order valence-corrected chi connectivity index (χ0v) is 8.49. The summed E-state index contributed by atoms with van der Waals surface area (Å²) in [5.74, 6) is 0. The van der Waals surface area contributed by atoms with Crippen molar-refractivity contribution in [1.82, 2.24) is 5.32 Å². The van der Waals surface area contributed by atoms with Crippen molar-refractivity contribution in [2.45, 2.75) is 10.9 Å². The van der Waals surface area contributed by atoms with Crippen LogP contribution in [0.4, 0.5) is 0 Å². The van der Waals surface area contributed by atoms with Gasteiger partial charge in [0.05, 0.1) is 0 Å². The van der Waals surface area contributed by atoms with E-state index in [0.717, 1.165) is 19.6 Å². The number of hydrogen-bond donors (Lipinski definition) is 2. The van der Waals surface area contributed by atoms with Gasteiger partial charge in [0.25, 0.3) is 0 Å². The molecule has 0 fully saturated rings. The zero-order chi connectivity index (χ0) is 6.24. The summed E-state index contributed by atoms with van der Waals surface area (Å²) in [7, 11) is 0. The molecule has 0 heterocycles. The van der Waals surface area contributed by atoms with Crippen molar-refractivity contribution >= 4 is 22.5 Å². The topological polar surface area (TPSA) is 38.0 Å². The van der Waals surface area contributed by atoms with Gasteiger partial charge >= 0.3 is 64.1 Å². The van der Waals surface area contributed by atoms with Crippen molar-refractivity contribution in [3.8, 4) is 0 Å². The van der Waals surface area contributed by atoms with Gasteiger partial charge in [-0.05, 0) is 0 Å². The molecule has 0 aromatic heterocycles. The average molecular weight is 221 g/mol. The SMILES string of the molecule is NCCNCC[CH2][SnH]. The minimum absolute atomic E-state index is 0.764. The van der Waals surface area contributed by atoms with Crippen LogP contribution in [0.2, 0.25) is 4.44 Å². The predicted molar refractivity (Wildman–Crippen MR) is 38.5 cm³/mol. The van der Waals surface area contributed by atoms with Gasteiger partial charge in [-0.15, -0.1) is 0 Å². The van der Waals surface area contributed by atoms with E-state index in [0.29, 0.717) is 0 Å². The molecule has 0 unspecified atom stereocenters. The first-order valence-corrected chi connectivity index (χ1v) is 5.35. The quantitative estimate of drug-likeness (QED) is 0.473. The molecule has 0 amide bonds. The van der Waals surface area contributed by atoms with Crippen LogP contribution in [0.15, 0.2) is 0 Å². The number of rotatable bonds is 5. The summed E-state index contributed by atoms with van der Waals surface area (Å²) in [5.41, 5.74) is 5.26. The number of hydrogen-bond acceptors (Lipinski definition) is 2. The monoisotopic (exact) mass is 222 g/mol. The molecule has 3 N–H and O–H groups in total. The van der Waals surface area contributed by atoms with Crippen LogP contribution in [0.25, 0.3) is 0 Å². The molecule has 0 spiro atoms. The fourth-order valence-electron chi connectivity index (χ4n) is 0.454. The molecule has 8 heavy (non-hydrogen) atoms. The van der Waals surface area contributed by atoms with Crippen molar-refractivity contribution in [2.24, 2.45) is 5.73 Å². The van der Waals surface area contributed by atoms with Gasteiger partial charge in [-0.1, -0.05) is 0 Å². The van der Waals surface area contributed by atoms with Crippen LogP contribution in [0.1, 0.15) is 6.42 Å². The molecular weight excluding hydrogens is 207 g/mol. The van der Waals surface area contributed by atoms with Gasteiger partial charge in [0, 0.05) is 0 Å². The van der Waals surface area contributed by atoms with Crippen LogP contribution in [0.5, 0.6) is 0 Å². The molecule has 0 aliphatic rings. The molecular formula is C5H14N2Sn. The Kier molecular flexibility index (Phi) is 8.41. The van der Waals surface area contributed by atoms with E-state index >= 15 is 0 Å². The van der Waals surface area contributed by atoms with E-state index in [-0.39, 0.29) is 0 Å². The standard InChI is InChI=1S/C5H13N2.Sn.H/c1-2-4-7-5-3-6;;/h7H,1-6H2;;. The van der Waals surface area contributed by atoms with Crippen LogP contribution >= 0.6 is 0 Å². The molecule has 0 aromatic rings. The van der Waals surface area contributed by atoms with Crippen LogP contribution in [-0.4, -0.2) is 42.2 Å². The molecule has 3 heteroatoms. The van der Waals surface area contributed by atoms with Crippen molar-refractivity contribution in [3.05, 3.63) is 0 Å². The fraction of sp³-hybridized carbons (Fsp3) is 1.00. The van der Waals surface area contributed by atoms with Crippen LogP contribution in [0, 0.1) is 0 Å². The summed E-state index contributed by atoms with van der Waals surface area (Å²) in [4.78, 5) is 0. The Morgan fingerprint density at radius 1 is 1.38 bits per heavy atom. The first kappa shape index (κ1) is 8.72. The first-order chi connectivity index (χ1) is 3.91. The maximum absolute atomic E-state index is 5.26. The third kappa shape index (κ3) is 6.72. The third-order valence-electron chi connectivity index (χ3n) is 0.879. The Labute approximate surface area is 64.3 Å². The van der Waals surface area contributed by atoms with Crippen molar-refractivity contribution in [2.75, 3.05) is 19.6 Å². The minimum atomic E-state index is 0.764. The van der Waals surface area contributed by atoms with E-state index in [1.54, 1.807) is 0 Å². The van der Waals surface area contributed by atoms with Crippen molar-refractivity contribution in [1.29, 1.82) is 0 Å². The molecule has 0 aliphatic carbocycles. The second-order valence-corrected chi connectivity index (χ2v) is 3.33. The molecule has 0 atom stereocenters. The zero-order valence-electron chi connectivity index (χ0n) is 5.19. The Morgan fingerprint density at radius 3 is 2.62 bits per heavy atom. The number of nitrogens with one attached hydrogen (secondary N) is 1. The molecule has 0 saturated heterocycles. The summed E-state index contributed by atoms with van der Waals surface area (Å²) in [5, 5.41) is 3.23. The van der Waals surface area contributed by atoms with Gasteiger partial charge in [0.1, 0.15) is 0 Å². The van der Waals surface area contributed by atoms with E-state index < -0.39 is 0 Å². The summed E-state index contributed by atoms with van der Waals surface area (Å²) < 4.78 is 1.39. The van der Waals surface area contributed by atoms with Gasteiger partial charge in [-0.3, -0.25) is 0 Å². The van der Waals surface area contributed by atoms with Gasteiger partial charge in [-0.25, -0.2) is 0 Å². The summed E-state index contributed by atoms with van der Waals surface area (Å²) in [6.45, 7) is 2.89. The molecule has 0 bridgehead atoms. The van der Waals surface area contributed by atoms with E-state index in [1.807, 2.05) is 0 Å². The Balaban J connectivity index is 2.53. The van der Waals surface area contributed by atoms with Gasteiger partial charge in [0.15, 0.2) is 0 Å². The van der Waals surface area contributed by atoms with Crippen LogP contribution < -0.4 is 11.1 Å². The molecule has 0 aliphatic heterocycles. The average Bonchev–Trinajstić information content (AvgIpc) is 1.81. The predicted octanol–water partition coefficient (Wildman–Crippen LogP) is -0.756. The van der Waals surface area contributed by atoms with Gasteiger partial charge in [-0.2, -0.15) is 0 Å². The Morgan fingerprint density at radius 2 is 2.12 bits per heavy atom. The fourth-order valence-corrected chi connectivity index (χ4v) is 1.04. The summed E-state index contributed by atoms with van der Waals surface area (Å²) in [6, 6.07) is 0. The molecule has 0 rings (SSSR count). The first-order valence-electron chi connectivity index (χ1n) is 3.02. The molecule has 0 saturated carbocycles. The third-order valence-corrected chi connectivity index (χ3v) is 2.04. The molecule has 2 nitrogen and oxygen atoms in total. The maximum atomic E-state index is 5.26. The molecule has 48 valence electrons. The Hall–Kier alpha value is 0.719. The van der Waals surface area contributed by atoms with E-state index in [2.05, 4.69) is 5.32 Å². The van der Waals surface area contributed by atoms with Gasteiger partial charge in [0.2, 0.25) is 0 Å². The van der Waals surface area contributed by atoms with Crippen molar-refractivity contribution < 1.29 is 0 Å². The number of nitrogens with two attached hydrogens (primary N) is 1. The van der Waals surface area contributed by atoms with E-state index in [1.165, 1.54) is 33.4 Å². The normalized spacial score (nSPS) is 9.75. The van der Waals surface area contributed by atoms with Crippen molar-refractivity contribution in [3.63, 3.8) is 0 Å². The summed E-state index contributed by atoms with van der Waals surface area (Å²) in [6.07, 6.45) is 1.32.